The molecule has 0 atom stereocenters. The molecule has 0 spiro atoms. The van der Waals surface area contributed by atoms with Gasteiger partial charge in [-0.3, -0.25) is 9.59 Å². The molecule has 3 aromatic rings. The van der Waals surface area contributed by atoms with E-state index in [9.17, 15) is 22.8 Å². The van der Waals surface area contributed by atoms with Gasteiger partial charge < -0.3 is 9.64 Å². The topological polar surface area (TPSA) is 49.9 Å². The molecule has 9 heteroatoms. The minimum absolute atomic E-state index is 0.148. The van der Waals surface area contributed by atoms with Crippen molar-refractivity contribution in [1.29, 1.82) is 0 Å². The van der Waals surface area contributed by atoms with Gasteiger partial charge in [-0.25, -0.2) is 4.90 Å². The van der Waals surface area contributed by atoms with Gasteiger partial charge in [0.05, 0.1) is 11.3 Å². The number of para-hydroxylation sites is 1. The van der Waals surface area contributed by atoms with Crippen molar-refractivity contribution in [3.05, 3.63) is 82.7 Å². The first-order valence-corrected chi connectivity index (χ1v) is 9.96. The first-order chi connectivity index (χ1) is 14.8. The van der Waals surface area contributed by atoms with E-state index < -0.39 is 23.9 Å². The van der Waals surface area contributed by atoms with E-state index in [1.54, 1.807) is 29.5 Å². The van der Waals surface area contributed by atoms with Crippen molar-refractivity contribution in [1.82, 2.24) is 0 Å². The molecule has 0 unspecified atom stereocenters. The highest BCUT2D eigenvalue weighted by molar-refractivity contribution is 7.11. The Kier molecular flexibility index (Phi) is 5.28. The van der Waals surface area contributed by atoms with Gasteiger partial charge in [0, 0.05) is 17.6 Å². The molecule has 2 aromatic carbocycles. The Bertz CT molecular complexity index is 1140. The largest absolute Gasteiger partial charge is 0.573 e. The van der Waals surface area contributed by atoms with Crippen molar-refractivity contribution in [2.24, 2.45) is 0 Å². The lowest BCUT2D eigenvalue weighted by Crippen LogP contribution is -2.34. The number of thiophene rings is 1. The van der Waals surface area contributed by atoms with Crippen molar-refractivity contribution in [2.45, 2.75) is 6.36 Å². The molecule has 2 heterocycles. The number of ether oxygens (including phenoxy) is 1. The summed E-state index contributed by atoms with van der Waals surface area (Å²) >= 11 is 1.32. The highest BCUT2D eigenvalue weighted by atomic mass is 32.1. The Morgan fingerprint density at radius 3 is 2.16 bits per heavy atom. The van der Waals surface area contributed by atoms with Crippen molar-refractivity contribution >= 4 is 40.1 Å². The van der Waals surface area contributed by atoms with E-state index in [1.165, 1.54) is 23.5 Å². The lowest BCUT2D eigenvalue weighted by Gasteiger charge is -2.21. The van der Waals surface area contributed by atoms with E-state index in [1.807, 2.05) is 30.3 Å². The lowest BCUT2D eigenvalue weighted by atomic mass is 10.1. The summed E-state index contributed by atoms with van der Waals surface area (Å²) < 4.78 is 41.1. The second-order valence-corrected chi connectivity index (χ2v) is 7.53. The van der Waals surface area contributed by atoms with Gasteiger partial charge in [-0.1, -0.05) is 24.3 Å². The van der Waals surface area contributed by atoms with Crippen LogP contribution in [0.3, 0.4) is 0 Å². The van der Waals surface area contributed by atoms with Crippen LogP contribution in [0, 0.1) is 0 Å². The monoisotopic (exact) mass is 444 g/mol. The smallest absolute Gasteiger partial charge is 0.406 e. The van der Waals surface area contributed by atoms with Crippen LogP contribution in [0.2, 0.25) is 0 Å². The van der Waals surface area contributed by atoms with Gasteiger partial charge in [-0.15, -0.1) is 24.5 Å². The van der Waals surface area contributed by atoms with E-state index in [2.05, 4.69) is 4.74 Å². The van der Waals surface area contributed by atoms with E-state index in [0.29, 0.717) is 10.6 Å². The molecule has 31 heavy (non-hydrogen) atoms. The van der Waals surface area contributed by atoms with Crippen LogP contribution in [-0.2, 0) is 9.59 Å². The third-order valence-corrected chi connectivity index (χ3v) is 5.52. The molecule has 1 aliphatic heterocycles. The molecule has 2 amide bonds. The van der Waals surface area contributed by atoms with Crippen molar-refractivity contribution in [2.75, 3.05) is 16.8 Å². The molecular weight excluding hydrogens is 429 g/mol. The zero-order valence-corrected chi connectivity index (χ0v) is 16.9. The second-order valence-electron chi connectivity index (χ2n) is 6.58. The van der Waals surface area contributed by atoms with Gasteiger partial charge in [0.1, 0.15) is 11.4 Å². The minimum atomic E-state index is -4.83. The number of alkyl halides is 3. The number of halogens is 3. The predicted octanol–water partition coefficient (Wildman–Crippen LogP) is 5.07. The van der Waals surface area contributed by atoms with Crippen LogP contribution >= 0.6 is 11.3 Å². The quantitative estimate of drug-likeness (QED) is 0.516. The maximum Gasteiger partial charge on any atom is 0.573 e. The van der Waals surface area contributed by atoms with E-state index in [-0.39, 0.29) is 17.0 Å². The normalized spacial score (nSPS) is 14.4. The summed E-state index contributed by atoms with van der Waals surface area (Å²) in [4.78, 5) is 29.9. The summed E-state index contributed by atoms with van der Waals surface area (Å²) in [5.41, 5.74) is 1.29. The van der Waals surface area contributed by atoms with Crippen LogP contribution in [-0.4, -0.2) is 25.2 Å². The number of imide groups is 1. The fourth-order valence-electron chi connectivity index (χ4n) is 3.28. The number of likely N-dealkylation sites (N-methyl/N-ethyl adjacent to an activating group) is 1. The van der Waals surface area contributed by atoms with E-state index >= 15 is 0 Å². The zero-order valence-electron chi connectivity index (χ0n) is 16.1. The third-order valence-electron chi connectivity index (χ3n) is 4.63. The number of carbonyl (C=O) groups is 2. The van der Waals surface area contributed by atoms with Gasteiger partial charge in [0.25, 0.3) is 11.8 Å². The number of benzene rings is 2. The fraction of sp³-hybridized carbons (Fsp3) is 0.0909. The molecular formula is C22H15F3N2O3S. The Balaban J connectivity index is 1.74. The molecule has 0 bridgehead atoms. The Labute approximate surface area is 179 Å². The maximum atomic E-state index is 13.3. The summed E-state index contributed by atoms with van der Waals surface area (Å²) in [5.74, 6) is -1.55. The summed E-state index contributed by atoms with van der Waals surface area (Å²) in [7, 11) is 1.69. The predicted molar refractivity (Wildman–Crippen MR) is 112 cm³/mol. The van der Waals surface area contributed by atoms with Crippen LogP contribution in [0.15, 0.2) is 77.8 Å². The number of amides is 2. The Morgan fingerprint density at radius 1 is 0.903 bits per heavy atom. The number of hydrogen-bond acceptors (Lipinski definition) is 5. The first-order valence-electron chi connectivity index (χ1n) is 9.08. The number of carbonyl (C=O) groups excluding carboxylic acids is 2. The highest BCUT2D eigenvalue weighted by Gasteiger charge is 2.42. The minimum Gasteiger partial charge on any atom is -0.406 e. The van der Waals surface area contributed by atoms with Crippen LogP contribution in [0.5, 0.6) is 5.75 Å². The van der Waals surface area contributed by atoms with E-state index in [4.69, 9.17) is 0 Å². The summed E-state index contributed by atoms with van der Waals surface area (Å²) in [6.45, 7) is 0. The fourth-order valence-corrected chi connectivity index (χ4v) is 4.05. The number of hydrogen-bond donors (Lipinski definition) is 0. The highest BCUT2D eigenvalue weighted by Crippen LogP contribution is 2.38. The molecule has 0 saturated heterocycles. The average Bonchev–Trinajstić information content (AvgIpc) is 3.34. The number of anilines is 2. The first kappa shape index (κ1) is 20.7. The van der Waals surface area contributed by atoms with Crippen LogP contribution in [0.25, 0.3) is 5.57 Å². The standard InChI is InChI=1S/C22H15F3N2O3S/c1-26(14-6-3-2-4-7-14)19-18(17-8-5-13-31-17)20(28)27(21(19)29)15-9-11-16(12-10-15)30-22(23,24)25/h2-13H,1H3. The summed E-state index contributed by atoms with van der Waals surface area (Å²) in [5, 5.41) is 1.80. The lowest BCUT2D eigenvalue weighted by molar-refractivity contribution is -0.274. The van der Waals surface area contributed by atoms with Gasteiger partial charge in [0.15, 0.2) is 0 Å². The summed E-state index contributed by atoms with van der Waals surface area (Å²) in [6.07, 6.45) is -4.83. The van der Waals surface area contributed by atoms with Crippen LogP contribution < -0.4 is 14.5 Å². The molecule has 0 N–H and O–H groups in total. The maximum absolute atomic E-state index is 13.3. The van der Waals surface area contributed by atoms with Gasteiger partial charge in [-0.2, -0.15) is 0 Å². The van der Waals surface area contributed by atoms with Crippen LogP contribution in [0.1, 0.15) is 4.88 Å². The zero-order chi connectivity index (χ0) is 22.2. The van der Waals surface area contributed by atoms with Gasteiger partial charge in [-0.05, 0) is 47.8 Å². The molecule has 1 aliphatic rings. The molecule has 5 nitrogen and oxygen atoms in total. The number of nitrogens with zero attached hydrogens (tertiary/aromatic N) is 2. The molecule has 0 saturated carbocycles. The third kappa shape index (κ3) is 4.04. The Hall–Kier alpha value is -3.59. The number of rotatable bonds is 5. The van der Waals surface area contributed by atoms with Crippen LogP contribution in [0.4, 0.5) is 24.5 Å². The molecule has 0 radical (unpaired) electrons. The molecule has 0 fully saturated rings. The SMILES string of the molecule is CN(C1=C(c2cccs2)C(=O)N(c2ccc(OC(F)(F)F)cc2)C1=O)c1ccccc1. The molecule has 0 aliphatic carbocycles. The molecule has 158 valence electrons. The van der Waals surface area contributed by atoms with Crippen molar-refractivity contribution < 1.29 is 27.5 Å². The van der Waals surface area contributed by atoms with Crippen molar-refractivity contribution in [3.8, 4) is 5.75 Å². The van der Waals surface area contributed by atoms with Gasteiger partial charge in [0.2, 0.25) is 0 Å². The average molecular weight is 444 g/mol. The molecule has 1 aromatic heterocycles. The van der Waals surface area contributed by atoms with Gasteiger partial charge >= 0.3 is 6.36 Å². The van der Waals surface area contributed by atoms with E-state index in [0.717, 1.165) is 17.0 Å². The second kappa shape index (κ2) is 7.92. The molecule has 4 rings (SSSR count). The van der Waals surface area contributed by atoms with Crippen molar-refractivity contribution in [3.63, 3.8) is 0 Å². The summed E-state index contributed by atoms with van der Waals surface area (Å²) in [6, 6.07) is 17.2. The Morgan fingerprint density at radius 2 is 1.58 bits per heavy atom.